The van der Waals surface area contributed by atoms with Gasteiger partial charge in [0.2, 0.25) is 0 Å². The van der Waals surface area contributed by atoms with Crippen LogP contribution in [0.2, 0.25) is 0 Å². The van der Waals surface area contributed by atoms with Gasteiger partial charge in [-0.15, -0.1) is 0 Å². The van der Waals surface area contributed by atoms with Gasteiger partial charge in [0.25, 0.3) is 11.6 Å². The lowest BCUT2D eigenvalue weighted by molar-refractivity contribution is -0.385. The molecule has 0 bridgehead atoms. The summed E-state index contributed by atoms with van der Waals surface area (Å²) in [6.07, 6.45) is 0.363. The summed E-state index contributed by atoms with van der Waals surface area (Å²) in [5.74, 6) is -0.357. The molecule has 8 heteroatoms. The zero-order chi connectivity index (χ0) is 19.8. The van der Waals surface area contributed by atoms with Gasteiger partial charge in [-0.3, -0.25) is 19.7 Å². The van der Waals surface area contributed by atoms with Crippen LogP contribution in [0.5, 0.6) is 11.5 Å². The van der Waals surface area contributed by atoms with Gasteiger partial charge in [0.05, 0.1) is 24.1 Å². The Morgan fingerprint density at radius 1 is 1.15 bits per heavy atom. The van der Waals surface area contributed by atoms with Gasteiger partial charge < -0.3 is 14.8 Å². The normalized spacial score (nSPS) is 11.3. The number of rotatable bonds is 9. The molecule has 1 unspecified atom stereocenters. The zero-order valence-electron chi connectivity index (χ0n) is 15.0. The standard InChI is InChI=1S/C19H20N2O6/c1-13(22)16(10-14-6-4-3-5-7-14)20-19(23)12-27-18-11-15(21(24)25)8-9-17(18)26-2/h3-9,11,16H,10,12H2,1-2H3,(H,20,23). The van der Waals surface area contributed by atoms with Crippen molar-refractivity contribution in [1.29, 1.82) is 0 Å². The van der Waals surface area contributed by atoms with E-state index in [0.29, 0.717) is 6.42 Å². The third-order valence-corrected chi connectivity index (χ3v) is 3.83. The predicted molar refractivity (Wildman–Crippen MR) is 97.9 cm³/mol. The Hall–Kier alpha value is -3.42. The number of nitro groups is 1. The van der Waals surface area contributed by atoms with E-state index in [1.165, 1.54) is 32.2 Å². The van der Waals surface area contributed by atoms with Crippen LogP contribution in [0, 0.1) is 10.1 Å². The van der Waals surface area contributed by atoms with Gasteiger partial charge in [0.1, 0.15) is 0 Å². The summed E-state index contributed by atoms with van der Waals surface area (Å²) in [5, 5.41) is 13.5. The van der Waals surface area contributed by atoms with Gasteiger partial charge in [0, 0.05) is 6.07 Å². The molecule has 0 spiro atoms. The number of carbonyl (C=O) groups is 2. The third-order valence-electron chi connectivity index (χ3n) is 3.83. The molecule has 1 amide bonds. The minimum atomic E-state index is -0.685. The minimum absolute atomic E-state index is 0.0734. The fourth-order valence-electron chi connectivity index (χ4n) is 2.42. The lowest BCUT2D eigenvalue weighted by atomic mass is 10.0. The van der Waals surface area contributed by atoms with Gasteiger partial charge >= 0.3 is 0 Å². The van der Waals surface area contributed by atoms with E-state index in [4.69, 9.17) is 9.47 Å². The van der Waals surface area contributed by atoms with Gasteiger partial charge in [0.15, 0.2) is 23.9 Å². The Morgan fingerprint density at radius 3 is 2.44 bits per heavy atom. The largest absolute Gasteiger partial charge is 0.493 e. The Labute approximate surface area is 156 Å². The zero-order valence-corrected chi connectivity index (χ0v) is 15.0. The van der Waals surface area contributed by atoms with Crippen LogP contribution < -0.4 is 14.8 Å². The second kappa shape index (κ2) is 9.33. The van der Waals surface area contributed by atoms with Crippen molar-refractivity contribution >= 4 is 17.4 Å². The number of non-ortho nitro benzene ring substituents is 1. The molecule has 0 saturated heterocycles. The number of methoxy groups -OCH3 is 1. The number of hydrogen-bond acceptors (Lipinski definition) is 6. The molecule has 1 N–H and O–H groups in total. The first-order valence-electron chi connectivity index (χ1n) is 8.19. The Balaban J connectivity index is 2.01. The SMILES string of the molecule is COc1ccc([N+](=O)[O-])cc1OCC(=O)NC(Cc1ccccc1)C(C)=O. The summed E-state index contributed by atoms with van der Waals surface area (Å²) in [7, 11) is 1.39. The smallest absolute Gasteiger partial charge is 0.273 e. The summed E-state index contributed by atoms with van der Waals surface area (Å²) in [4.78, 5) is 34.3. The molecular formula is C19H20N2O6. The molecule has 0 aliphatic carbocycles. The van der Waals surface area contributed by atoms with E-state index >= 15 is 0 Å². The highest BCUT2D eigenvalue weighted by atomic mass is 16.6. The van der Waals surface area contributed by atoms with Crippen LogP contribution in [0.1, 0.15) is 12.5 Å². The van der Waals surface area contributed by atoms with Crippen molar-refractivity contribution in [2.45, 2.75) is 19.4 Å². The minimum Gasteiger partial charge on any atom is -0.493 e. The van der Waals surface area contributed by atoms with E-state index in [0.717, 1.165) is 5.56 Å². The van der Waals surface area contributed by atoms with Gasteiger partial charge in [-0.25, -0.2) is 0 Å². The second-order valence-corrected chi connectivity index (χ2v) is 5.80. The van der Waals surface area contributed by atoms with Crippen molar-refractivity contribution in [2.24, 2.45) is 0 Å². The first-order chi connectivity index (χ1) is 12.9. The van der Waals surface area contributed by atoms with E-state index in [-0.39, 0.29) is 23.0 Å². The number of amides is 1. The summed E-state index contributed by atoms with van der Waals surface area (Å²) >= 11 is 0. The fourth-order valence-corrected chi connectivity index (χ4v) is 2.42. The Morgan fingerprint density at radius 2 is 1.85 bits per heavy atom. The quantitative estimate of drug-likeness (QED) is 0.534. The Bertz CT molecular complexity index is 822. The number of Topliss-reactive ketones (excluding diaryl/α,β-unsaturated/α-hetero) is 1. The second-order valence-electron chi connectivity index (χ2n) is 5.80. The molecule has 2 aromatic rings. The lowest BCUT2D eigenvalue weighted by Gasteiger charge is -2.17. The van der Waals surface area contributed by atoms with Crippen molar-refractivity contribution < 1.29 is 24.0 Å². The molecule has 2 rings (SSSR count). The number of nitro benzene ring substituents is 1. The van der Waals surface area contributed by atoms with Crippen molar-refractivity contribution in [2.75, 3.05) is 13.7 Å². The van der Waals surface area contributed by atoms with Crippen molar-refractivity contribution in [3.63, 3.8) is 0 Å². The third kappa shape index (κ3) is 5.81. The molecule has 1 atom stereocenters. The lowest BCUT2D eigenvalue weighted by Crippen LogP contribution is -2.43. The van der Waals surface area contributed by atoms with Crippen molar-refractivity contribution in [3.8, 4) is 11.5 Å². The van der Waals surface area contributed by atoms with E-state index in [1.807, 2.05) is 30.3 Å². The molecule has 0 fully saturated rings. The molecule has 0 saturated carbocycles. The highest BCUT2D eigenvalue weighted by molar-refractivity contribution is 5.88. The van der Waals surface area contributed by atoms with Crippen LogP contribution in [0.15, 0.2) is 48.5 Å². The van der Waals surface area contributed by atoms with Gasteiger partial charge in [-0.05, 0) is 25.0 Å². The molecule has 27 heavy (non-hydrogen) atoms. The molecule has 142 valence electrons. The molecule has 0 aromatic heterocycles. The fraction of sp³-hybridized carbons (Fsp3) is 0.263. The topological polar surface area (TPSA) is 108 Å². The van der Waals surface area contributed by atoms with E-state index in [1.54, 1.807) is 0 Å². The first kappa shape index (κ1) is 19.9. The number of nitrogens with zero attached hydrogens (tertiary/aromatic N) is 1. The van der Waals surface area contributed by atoms with Crippen molar-refractivity contribution in [1.82, 2.24) is 5.32 Å². The average Bonchev–Trinajstić information content (AvgIpc) is 2.66. The number of nitrogens with one attached hydrogen (secondary N) is 1. The summed E-state index contributed by atoms with van der Waals surface area (Å²) in [6, 6.07) is 12.5. The molecule has 2 aromatic carbocycles. The van der Waals surface area contributed by atoms with Gasteiger partial charge in [-0.2, -0.15) is 0 Å². The molecule has 0 radical (unpaired) electrons. The highest BCUT2D eigenvalue weighted by Crippen LogP contribution is 2.31. The highest BCUT2D eigenvalue weighted by Gasteiger charge is 2.19. The van der Waals surface area contributed by atoms with Crippen LogP contribution in [0.4, 0.5) is 5.69 Å². The van der Waals surface area contributed by atoms with E-state index in [2.05, 4.69) is 5.32 Å². The predicted octanol–water partition coefficient (Wildman–Crippen LogP) is 2.30. The number of ketones is 1. The van der Waals surface area contributed by atoms with Crippen LogP contribution in [0.3, 0.4) is 0 Å². The number of carbonyl (C=O) groups excluding carboxylic acids is 2. The summed E-state index contributed by atoms with van der Waals surface area (Å²) in [5.41, 5.74) is 0.733. The maximum Gasteiger partial charge on any atom is 0.273 e. The van der Waals surface area contributed by atoms with E-state index in [9.17, 15) is 19.7 Å². The number of hydrogen-bond donors (Lipinski definition) is 1. The van der Waals surface area contributed by atoms with Crippen LogP contribution >= 0.6 is 0 Å². The summed E-state index contributed by atoms with van der Waals surface area (Å²) < 4.78 is 10.4. The monoisotopic (exact) mass is 372 g/mol. The molecular weight excluding hydrogens is 352 g/mol. The molecule has 0 heterocycles. The molecule has 8 nitrogen and oxygen atoms in total. The molecule has 0 aliphatic heterocycles. The van der Waals surface area contributed by atoms with Crippen LogP contribution in [-0.4, -0.2) is 36.4 Å². The number of benzene rings is 2. The van der Waals surface area contributed by atoms with Gasteiger partial charge in [-0.1, -0.05) is 30.3 Å². The average molecular weight is 372 g/mol. The maximum atomic E-state index is 12.2. The van der Waals surface area contributed by atoms with Crippen molar-refractivity contribution in [3.05, 3.63) is 64.2 Å². The van der Waals surface area contributed by atoms with Crippen LogP contribution in [0.25, 0.3) is 0 Å². The first-order valence-corrected chi connectivity index (χ1v) is 8.19. The Kier molecular flexibility index (Phi) is 6.87. The molecule has 0 aliphatic rings. The van der Waals surface area contributed by atoms with E-state index < -0.39 is 23.5 Å². The van der Waals surface area contributed by atoms with Crippen LogP contribution in [-0.2, 0) is 16.0 Å². The summed E-state index contributed by atoms with van der Waals surface area (Å²) in [6.45, 7) is 0.994. The maximum absolute atomic E-state index is 12.2. The number of ether oxygens (including phenoxy) is 2.